The molecule has 1 rings (SSSR count). The second kappa shape index (κ2) is 6.95. The Balaban J connectivity index is 2.50. The van der Waals surface area contributed by atoms with E-state index in [1.54, 1.807) is 4.90 Å². The highest BCUT2D eigenvalue weighted by Crippen LogP contribution is 2.15. The van der Waals surface area contributed by atoms with Crippen molar-refractivity contribution >= 4 is 6.09 Å². The molecule has 1 saturated heterocycles. The van der Waals surface area contributed by atoms with Crippen LogP contribution in [0.15, 0.2) is 0 Å². The van der Waals surface area contributed by atoms with Gasteiger partial charge in [0.1, 0.15) is 5.60 Å². The zero-order chi connectivity index (χ0) is 13.6. The molecule has 0 aliphatic carbocycles. The number of likely N-dealkylation sites (N-methyl/N-ethyl adjacent to an activating group) is 1. The van der Waals surface area contributed by atoms with Crippen molar-refractivity contribution in [1.29, 1.82) is 0 Å². The summed E-state index contributed by atoms with van der Waals surface area (Å²) < 4.78 is 11.0. The standard InChI is InChI=1S/C13H26N2O3/c1-13(2,3)18-12(16)15(8-7-14-4)10-11-6-5-9-17-11/h11,14H,5-10H2,1-4H3. The van der Waals surface area contributed by atoms with Gasteiger partial charge in [0.2, 0.25) is 0 Å². The molecule has 0 aromatic rings. The van der Waals surface area contributed by atoms with E-state index in [2.05, 4.69) is 5.32 Å². The summed E-state index contributed by atoms with van der Waals surface area (Å²) in [6.45, 7) is 8.47. The van der Waals surface area contributed by atoms with Crippen molar-refractivity contribution in [2.75, 3.05) is 33.3 Å². The van der Waals surface area contributed by atoms with Gasteiger partial charge in [-0.3, -0.25) is 0 Å². The first-order valence-corrected chi connectivity index (χ1v) is 6.66. The van der Waals surface area contributed by atoms with Crippen LogP contribution in [0, 0.1) is 0 Å². The first-order valence-electron chi connectivity index (χ1n) is 6.66. The number of hydrogen-bond acceptors (Lipinski definition) is 4. The minimum atomic E-state index is -0.453. The molecule has 0 radical (unpaired) electrons. The molecule has 1 aliphatic heterocycles. The molecule has 1 heterocycles. The van der Waals surface area contributed by atoms with Crippen LogP contribution in [0.1, 0.15) is 33.6 Å². The Morgan fingerprint density at radius 3 is 2.72 bits per heavy atom. The van der Waals surface area contributed by atoms with Crippen LogP contribution < -0.4 is 5.32 Å². The first-order chi connectivity index (χ1) is 8.42. The zero-order valence-electron chi connectivity index (χ0n) is 12.0. The van der Waals surface area contributed by atoms with Crippen molar-refractivity contribution < 1.29 is 14.3 Å². The Morgan fingerprint density at radius 1 is 1.50 bits per heavy atom. The molecule has 106 valence electrons. The van der Waals surface area contributed by atoms with Gasteiger partial charge in [0.25, 0.3) is 0 Å². The molecule has 1 atom stereocenters. The lowest BCUT2D eigenvalue weighted by molar-refractivity contribution is 0.0110. The number of ether oxygens (including phenoxy) is 2. The van der Waals surface area contributed by atoms with E-state index < -0.39 is 5.60 Å². The maximum absolute atomic E-state index is 12.1. The molecule has 1 fully saturated rings. The van der Waals surface area contributed by atoms with E-state index in [9.17, 15) is 4.79 Å². The summed E-state index contributed by atoms with van der Waals surface area (Å²) in [6, 6.07) is 0. The predicted octanol–water partition coefficient (Wildman–Crippen LogP) is 1.62. The largest absolute Gasteiger partial charge is 0.444 e. The van der Waals surface area contributed by atoms with Gasteiger partial charge in [-0.25, -0.2) is 4.79 Å². The van der Waals surface area contributed by atoms with Gasteiger partial charge in [-0.2, -0.15) is 0 Å². The Bertz CT molecular complexity index is 257. The van der Waals surface area contributed by atoms with Crippen LogP contribution in [0.25, 0.3) is 0 Å². The monoisotopic (exact) mass is 258 g/mol. The quantitative estimate of drug-likeness (QED) is 0.814. The van der Waals surface area contributed by atoms with Gasteiger partial charge in [0.15, 0.2) is 0 Å². The Hall–Kier alpha value is -0.810. The summed E-state index contributed by atoms with van der Waals surface area (Å²) in [5, 5.41) is 3.05. The van der Waals surface area contributed by atoms with Crippen LogP contribution in [0.5, 0.6) is 0 Å². The molecule has 0 spiro atoms. The third-order valence-electron chi connectivity index (χ3n) is 2.73. The van der Waals surface area contributed by atoms with E-state index in [4.69, 9.17) is 9.47 Å². The van der Waals surface area contributed by atoms with Crippen molar-refractivity contribution in [3.05, 3.63) is 0 Å². The van der Waals surface area contributed by atoms with Gasteiger partial charge in [-0.15, -0.1) is 0 Å². The van der Waals surface area contributed by atoms with E-state index in [0.717, 1.165) is 26.0 Å². The average Bonchev–Trinajstić information content (AvgIpc) is 2.74. The summed E-state index contributed by atoms with van der Waals surface area (Å²) in [5.74, 6) is 0. The van der Waals surface area contributed by atoms with Crippen LogP contribution in [-0.4, -0.2) is 56.0 Å². The smallest absolute Gasteiger partial charge is 0.410 e. The Morgan fingerprint density at radius 2 is 2.22 bits per heavy atom. The van der Waals surface area contributed by atoms with E-state index in [1.807, 2.05) is 27.8 Å². The molecule has 0 aromatic carbocycles. The van der Waals surface area contributed by atoms with Crippen molar-refractivity contribution in [1.82, 2.24) is 10.2 Å². The van der Waals surface area contributed by atoms with Gasteiger partial charge in [0, 0.05) is 19.7 Å². The van der Waals surface area contributed by atoms with Crippen LogP contribution in [0.2, 0.25) is 0 Å². The van der Waals surface area contributed by atoms with Gasteiger partial charge >= 0.3 is 6.09 Å². The van der Waals surface area contributed by atoms with Crippen LogP contribution in [0.4, 0.5) is 4.79 Å². The molecule has 1 unspecified atom stereocenters. The summed E-state index contributed by atoms with van der Waals surface area (Å²) in [5.41, 5.74) is -0.453. The fourth-order valence-corrected chi connectivity index (χ4v) is 1.86. The molecule has 0 aromatic heterocycles. The molecule has 1 N–H and O–H groups in total. The van der Waals surface area contributed by atoms with Gasteiger partial charge in [-0.05, 0) is 40.7 Å². The highest BCUT2D eigenvalue weighted by atomic mass is 16.6. The van der Waals surface area contributed by atoms with E-state index in [0.29, 0.717) is 13.1 Å². The molecule has 5 heteroatoms. The van der Waals surface area contributed by atoms with Crippen molar-refractivity contribution in [2.45, 2.75) is 45.3 Å². The average molecular weight is 258 g/mol. The number of carbonyl (C=O) groups excluding carboxylic acids is 1. The SMILES string of the molecule is CNCCN(CC1CCCO1)C(=O)OC(C)(C)C. The number of amides is 1. The van der Waals surface area contributed by atoms with Crippen LogP contribution in [-0.2, 0) is 9.47 Å². The van der Waals surface area contributed by atoms with Crippen molar-refractivity contribution in [2.24, 2.45) is 0 Å². The number of nitrogens with one attached hydrogen (secondary N) is 1. The van der Waals surface area contributed by atoms with Gasteiger partial charge in [-0.1, -0.05) is 0 Å². The third-order valence-corrected chi connectivity index (χ3v) is 2.73. The summed E-state index contributed by atoms with van der Waals surface area (Å²) in [4.78, 5) is 13.8. The van der Waals surface area contributed by atoms with Crippen LogP contribution >= 0.6 is 0 Å². The normalized spacial score (nSPS) is 19.9. The van der Waals surface area contributed by atoms with Crippen LogP contribution in [0.3, 0.4) is 0 Å². The summed E-state index contributed by atoms with van der Waals surface area (Å²) in [6.07, 6.45) is 2.01. The van der Waals surface area contributed by atoms with E-state index >= 15 is 0 Å². The van der Waals surface area contributed by atoms with Gasteiger partial charge in [0.05, 0.1) is 12.6 Å². The lowest BCUT2D eigenvalue weighted by Gasteiger charge is -2.29. The number of rotatable bonds is 5. The fourth-order valence-electron chi connectivity index (χ4n) is 1.86. The molecule has 5 nitrogen and oxygen atoms in total. The fraction of sp³-hybridized carbons (Fsp3) is 0.923. The number of nitrogens with zero attached hydrogens (tertiary/aromatic N) is 1. The van der Waals surface area contributed by atoms with Gasteiger partial charge < -0.3 is 19.7 Å². The zero-order valence-corrected chi connectivity index (χ0v) is 12.0. The van der Waals surface area contributed by atoms with E-state index in [1.165, 1.54) is 0 Å². The minimum Gasteiger partial charge on any atom is -0.444 e. The number of hydrogen-bond donors (Lipinski definition) is 1. The lowest BCUT2D eigenvalue weighted by Crippen LogP contribution is -2.43. The first kappa shape index (κ1) is 15.2. The summed E-state index contributed by atoms with van der Waals surface area (Å²) in [7, 11) is 1.87. The molecule has 0 bridgehead atoms. The Kier molecular flexibility index (Phi) is 5.88. The second-order valence-corrected chi connectivity index (χ2v) is 5.66. The third kappa shape index (κ3) is 5.69. The molecular weight excluding hydrogens is 232 g/mol. The topological polar surface area (TPSA) is 50.8 Å². The predicted molar refractivity (Wildman–Crippen MR) is 70.7 cm³/mol. The molecule has 0 saturated carbocycles. The highest BCUT2D eigenvalue weighted by Gasteiger charge is 2.26. The maximum Gasteiger partial charge on any atom is 0.410 e. The molecule has 18 heavy (non-hydrogen) atoms. The molecule has 1 aliphatic rings. The second-order valence-electron chi connectivity index (χ2n) is 5.66. The number of carbonyl (C=O) groups is 1. The van der Waals surface area contributed by atoms with E-state index in [-0.39, 0.29) is 12.2 Å². The molecular formula is C13H26N2O3. The highest BCUT2D eigenvalue weighted by molar-refractivity contribution is 5.68. The Labute approximate surface area is 110 Å². The minimum absolute atomic E-state index is 0.161. The van der Waals surface area contributed by atoms with Crippen molar-refractivity contribution in [3.8, 4) is 0 Å². The maximum atomic E-state index is 12.1. The summed E-state index contributed by atoms with van der Waals surface area (Å²) >= 11 is 0. The molecule has 1 amide bonds. The van der Waals surface area contributed by atoms with Crippen molar-refractivity contribution in [3.63, 3.8) is 0 Å². The lowest BCUT2D eigenvalue weighted by atomic mass is 10.2.